The average molecular weight is 426 g/mol. The van der Waals surface area contributed by atoms with Crippen molar-refractivity contribution in [3.8, 4) is 22.6 Å². The summed E-state index contributed by atoms with van der Waals surface area (Å²) in [5.74, 6) is -0.223. The fourth-order valence-corrected chi connectivity index (χ4v) is 3.54. The molecule has 6 heteroatoms. The zero-order valence-corrected chi connectivity index (χ0v) is 17.8. The fourth-order valence-electron chi connectivity index (χ4n) is 3.54. The van der Waals surface area contributed by atoms with Gasteiger partial charge in [0, 0.05) is 30.1 Å². The molecule has 1 N–H and O–H groups in total. The zero-order valence-electron chi connectivity index (χ0n) is 17.8. The minimum atomic E-state index is -0.393. The molecule has 2 aromatic heterocycles. The lowest BCUT2D eigenvalue weighted by atomic mass is 10.0. The van der Waals surface area contributed by atoms with Gasteiger partial charge in [-0.05, 0) is 49.6 Å². The van der Waals surface area contributed by atoms with E-state index in [4.69, 9.17) is 0 Å². The van der Waals surface area contributed by atoms with E-state index in [1.165, 1.54) is 17.7 Å². The predicted octanol–water partition coefficient (Wildman–Crippen LogP) is 5.02. The van der Waals surface area contributed by atoms with E-state index in [2.05, 4.69) is 32.4 Å². The molecular formula is C26H23FN4O. The number of hydrogen-bond acceptors (Lipinski definition) is 4. The number of hydrogen-bond donors (Lipinski definition) is 1. The van der Waals surface area contributed by atoms with Gasteiger partial charge in [-0.3, -0.25) is 9.78 Å². The standard InChI is InChI=1S/C26H23FN4O/c1-18-23(26(32)29-15-6-10-19-8-3-2-4-9-19)24(20-11-5-13-22(27)16-20)31-25(30-18)21-12-7-14-28-17-21/h2-5,7-9,11-14,16-17H,6,10,15H2,1H3,(H,29,32). The average Bonchev–Trinajstić information content (AvgIpc) is 2.82. The molecule has 5 nitrogen and oxygen atoms in total. The normalized spacial score (nSPS) is 10.7. The zero-order chi connectivity index (χ0) is 22.3. The van der Waals surface area contributed by atoms with Crippen LogP contribution in [-0.2, 0) is 6.42 Å². The minimum Gasteiger partial charge on any atom is -0.352 e. The number of nitrogens with one attached hydrogen (secondary N) is 1. The van der Waals surface area contributed by atoms with Crippen LogP contribution in [0.5, 0.6) is 0 Å². The monoisotopic (exact) mass is 426 g/mol. The Hall–Kier alpha value is -3.93. The largest absolute Gasteiger partial charge is 0.352 e. The summed E-state index contributed by atoms with van der Waals surface area (Å²) >= 11 is 0. The second-order valence-corrected chi connectivity index (χ2v) is 7.45. The molecule has 0 spiro atoms. The van der Waals surface area contributed by atoms with Gasteiger partial charge < -0.3 is 5.32 Å². The summed E-state index contributed by atoms with van der Waals surface area (Å²) in [6, 6.07) is 19.9. The Morgan fingerprint density at radius 1 is 0.969 bits per heavy atom. The molecule has 0 fully saturated rings. The number of carbonyl (C=O) groups excluding carboxylic acids is 1. The lowest BCUT2D eigenvalue weighted by Crippen LogP contribution is -2.27. The molecule has 0 saturated carbocycles. The Bertz CT molecular complexity index is 1210. The van der Waals surface area contributed by atoms with Crippen molar-refractivity contribution in [2.45, 2.75) is 19.8 Å². The number of rotatable bonds is 7. The smallest absolute Gasteiger partial charge is 0.255 e. The van der Waals surface area contributed by atoms with E-state index >= 15 is 0 Å². The number of aromatic nitrogens is 3. The molecule has 2 aromatic carbocycles. The second-order valence-electron chi connectivity index (χ2n) is 7.45. The van der Waals surface area contributed by atoms with Gasteiger partial charge in [0.2, 0.25) is 0 Å². The van der Waals surface area contributed by atoms with Crippen LogP contribution in [0.1, 0.15) is 28.0 Å². The maximum atomic E-state index is 14.0. The molecule has 0 radical (unpaired) electrons. The third-order valence-electron chi connectivity index (χ3n) is 5.11. The molecule has 0 aliphatic carbocycles. The van der Waals surface area contributed by atoms with Gasteiger partial charge in [0.25, 0.3) is 5.91 Å². The highest BCUT2D eigenvalue weighted by atomic mass is 19.1. The van der Waals surface area contributed by atoms with E-state index in [0.717, 1.165) is 18.4 Å². The van der Waals surface area contributed by atoms with E-state index in [1.807, 2.05) is 24.3 Å². The SMILES string of the molecule is Cc1nc(-c2cccnc2)nc(-c2cccc(F)c2)c1C(=O)NCCCc1ccccc1. The summed E-state index contributed by atoms with van der Waals surface area (Å²) in [6.45, 7) is 2.28. The van der Waals surface area contributed by atoms with Crippen LogP contribution in [0.3, 0.4) is 0 Å². The van der Waals surface area contributed by atoms with Gasteiger partial charge >= 0.3 is 0 Å². The summed E-state index contributed by atoms with van der Waals surface area (Å²) in [7, 11) is 0. The second kappa shape index (κ2) is 9.92. The van der Waals surface area contributed by atoms with Gasteiger partial charge in [-0.2, -0.15) is 0 Å². The van der Waals surface area contributed by atoms with Crippen molar-refractivity contribution in [1.29, 1.82) is 0 Å². The maximum absolute atomic E-state index is 14.0. The summed E-state index contributed by atoms with van der Waals surface area (Å²) in [4.78, 5) is 26.4. The van der Waals surface area contributed by atoms with Gasteiger partial charge in [-0.1, -0.05) is 42.5 Å². The van der Waals surface area contributed by atoms with Crippen LogP contribution in [0.4, 0.5) is 4.39 Å². The number of aryl methyl sites for hydroxylation is 2. The first-order chi connectivity index (χ1) is 15.6. The number of carbonyl (C=O) groups is 1. The summed E-state index contributed by atoms with van der Waals surface area (Å²) < 4.78 is 14.0. The van der Waals surface area contributed by atoms with E-state index < -0.39 is 5.82 Å². The van der Waals surface area contributed by atoms with Gasteiger partial charge in [-0.15, -0.1) is 0 Å². The summed E-state index contributed by atoms with van der Waals surface area (Å²) in [5.41, 5.74) is 3.75. The van der Waals surface area contributed by atoms with Gasteiger partial charge in [0.05, 0.1) is 17.0 Å². The highest BCUT2D eigenvalue weighted by molar-refractivity contribution is 6.01. The summed E-state index contributed by atoms with van der Waals surface area (Å²) in [5, 5.41) is 2.97. The van der Waals surface area contributed by atoms with Crippen LogP contribution < -0.4 is 5.32 Å². The predicted molar refractivity (Wildman–Crippen MR) is 122 cm³/mol. The number of halogens is 1. The third kappa shape index (κ3) is 5.03. The number of nitrogens with zero attached hydrogens (tertiary/aromatic N) is 3. The molecule has 160 valence electrons. The van der Waals surface area contributed by atoms with E-state index in [-0.39, 0.29) is 5.91 Å². The quantitative estimate of drug-likeness (QED) is 0.422. The Morgan fingerprint density at radius 2 is 1.78 bits per heavy atom. The molecule has 0 aliphatic heterocycles. The molecule has 0 aliphatic rings. The van der Waals surface area contributed by atoms with E-state index in [0.29, 0.717) is 34.9 Å². The molecular weight excluding hydrogens is 403 g/mol. The van der Waals surface area contributed by atoms with Crippen molar-refractivity contribution < 1.29 is 9.18 Å². The topological polar surface area (TPSA) is 67.8 Å². The van der Waals surface area contributed by atoms with Crippen LogP contribution in [-0.4, -0.2) is 27.4 Å². The lowest BCUT2D eigenvalue weighted by molar-refractivity contribution is 0.0952. The van der Waals surface area contributed by atoms with Gasteiger partial charge in [0.1, 0.15) is 5.82 Å². The van der Waals surface area contributed by atoms with Crippen molar-refractivity contribution in [2.24, 2.45) is 0 Å². The molecule has 4 aromatic rings. The Labute approximate surface area is 186 Å². The van der Waals surface area contributed by atoms with Crippen LogP contribution in [0.15, 0.2) is 79.1 Å². The lowest BCUT2D eigenvalue weighted by Gasteiger charge is -2.14. The van der Waals surface area contributed by atoms with E-state index in [9.17, 15) is 9.18 Å². The highest BCUT2D eigenvalue weighted by Gasteiger charge is 2.20. The van der Waals surface area contributed by atoms with Crippen molar-refractivity contribution in [2.75, 3.05) is 6.54 Å². The molecule has 1 amide bonds. The Balaban J connectivity index is 1.62. The maximum Gasteiger partial charge on any atom is 0.255 e. The molecule has 0 bridgehead atoms. The van der Waals surface area contributed by atoms with E-state index in [1.54, 1.807) is 37.5 Å². The number of pyridine rings is 1. The van der Waals surface area contributed by atoms with Crippen LogP contribution in [0.2, 0.25) is 0 Å². The first-order valence-corrected chi connectivity index (χ1v) is 10.5. The number of amides is 1. The molecule has 0 saturated heterocycles. The van der Waals surface area contributed by atoms with Crippen molar-refractivity contribution >= 4 is 5.91 Å². The first-order valence-electron chi connectivity index (χ1n) is 10.5. The first kappa shape index (κ1) is 21.3. The van der Waals surface area contributed by atoms with Crippen molar-refractivity contribution in [3.63, 3.8) is 0 Å². The van der Waals surface area contributed by atoms with Crippen LogP contribution in [0.25, 0.3) is 22.6 Å². The summed E-state index contributed by atoms with van der Waals surface area (Å²) in [6.07, 6.45) is 5.00. The van der Waals surface area contributed by atoms with Crippen LogP contribution in [0, 0.1) is 12.7 Å². The highest BCUT2D eigenvalue weighted by Crippen LogP contribution is 2.27. The number of benzene rings is 2. The Morgan fingerprint density at radius 3 is 2.53 bits per heavy atom. The molecule has 0 unspecified atom stereocenters. The van der Waals surface area contributed by atoms with Crippen molar-refractivity contribution in [1.82, 2.24) is 20.3 Å². The molecule has 32 heavy (non-hydrogen) atoms. The van der Waals surface area contributed by atoms with Crippen molar-refractivity contribution in [3.05, 3.63) is 102 Å². The van der Waals surface area contributed by atoms with Gasteiger partial charge in [-0.25, -0.2) is 14.4 Å². The minimum absolute atomic E-state index is 0.271. The third-order valence-corrected chi connectivity index (χ3v) is 5.11. The molecule has 4 rings (SSSR count). The fraction of sp³-hybridized carbons (Fsp3) is 0.154. The molecule has 2 heterocycles. The van der Waals surface area contributed by atoms with Gasteiger partial charge in [0.15, 0.2) is 5.82 Å². The van der Waals surface area contributed by atoms with Crippen LogP contribution >= 0.6 is 0 Å². The molecule has 0 atom stereocenters. The Kier molecular flexibility index (Phi) is 6.60.